The highest BCUT2D eigenvalue weighted by molar-refractivity contribution is 6.36. The third-order valence-electron chi connectivity index (χ3n) is 2.74. The lowest BCUT2D eigenvalue weighted by molar-refractivity contribution is -0.129. The van der Waals surface area contributed by atoms with Crippen molar-refractivity contribution in [3.8, 4) is 12.1 Å². The van der Waals surface area contributed by atoms with Gasteiger partial charge in [0.05, 0.1) is 11.1 Å². The largest absolute Gasteiger partial charge is 0.477 e. The van der Waals surface area contributed by atoms with Crippen molar-refractivity contribution in [1.82, 2.24) is 0 Å². The van der Waals surface area contributed by atoms with E-state index in [2.05, 4.69) is 10.5 Å². The fraction of sp³-hybridized carbons (Fsp3) is 0.154. The van der Waals surface area contributed by atoms with Gasteiger partial charge in [-0.25, -0.2) is 4.79 Å². The minimum absolute atomic E-state index is 0.130. The molecule has 1 aromatic rings. The summed E-state index contributed by atoms with van der Waals surface area (Å²) < 4.78 is 0. The van der Waals surface area contributed by atoms with Gasteiger partial charge in [0.25, 0.3) is 5.91 Å². The van der Waals surface area contributed by atoms with Crippen LogP contribution >= 0.6 is 0 Å². The molecule has 0 bridgehead atoms. The van der Waals surface area contributed by atoms with Crippen LogP contribution in [-0.2, 0) is 14.4 Å². The summed E-state index contributed by atoms with van der Waals surface area (Å²) in [5, 5.41) is 32.2. The Morgan fingerprint density at radius 3 is 2.62 bits per heavy atom. The number of benzene rings is 1. The number of amides is 1. The summed E-state index contributed by atoms with van der Waals surface area (Å²) in [4.78, 5) is 27.3. The molecule has 1 amide bonds. The Morgan fingerprint density at radius 2 is 2.05 bits per heavy atom. The maximum atomic E-state index is 11.9. The Morgan fingerprint density at radius 1 is 1.33 bits per heavy atom. The lowest BCUT2D eigenvalue weighted by Crippen LogP contribution is -2.28. The van der Waals surface area contributed by atoms with Gasteiger partial charge in [0, 0.05) is 12.1 Å². The minimum atomic E-state index is -1.24. The van der Waals surface area contributed by atoms with Crippen molar-refractivity contribution < 1.29 is 19.5 Å². The molecule has 8 nitrogen and oxygen atoms in total. The van der Waals surface area contributed by atoms with E-state index in [0.29, 0.717) is 5.69 Å². The lowest BCUT2D eigenvalue weighted by Gasteiger charge is -2.09. The topological polar surface area (TPSA) is 136 Å². The van der Waals surface area contributed by atoms with E-state index >= 15 is 0 Å². The Bertz CT molecular complexity index is 727. The maximum absolute atomic E-state index is 11.9. The molecule has 0 radical (unpaired) electrons. The van der Waals surface area contributed by atoms with Crippen molar-refractivity contribution in [2.24, 2.45) is 5.16 Å². The van der Waals surface area contributed by atoms with Crippen LogP contribution in [0.1, 0.15) is 17.5 Å². The summed E-state index contributed by atoms with van der Waals surface area (Å²) in [6.45, 7) is 0. The first-order chi connectivity index (χ1) is 10.0. The zero-order valence-corrected chi connectivity index (χ0v) is 10.5. The van der Waals surface area contributed by atoms with Crippen LogP contribution in [0.25, 0.3) is 0 Å². The second kappa shape index (κ2) is 5.72. The number of aliphatic carboxylic acids is 1. The van der Waals surface area contributed by atoms with Crippen LogP contribution in [0.4, 0.5) is 5.69 Å². The summed E-state index contributed by atoms with van der Waals surface area (Å²) in [5.41, 5.74) is 0.407. The summed E-state index contributed by atoms with van der Waals surface area (Å²) in [5.74, 6) is -1.82. The predicted octanol–water partition coefficient (Wildman–Crippen LogP) is 0.598. The molecule has 0 aliphatic carbocycles. The molecule has 0 aromatic heterocycles. The Hall–Kier alpha value is -3.39. The second-order valence-electron chi connectivity index (χ2n) is 4.11. The standard InChI is InChI=1S/C13H8N4O4/c14-5-7-1-2-9(3-8(7)6-15)16-12(18)11-4-10(13(19)20)17-21-11/h1-3,11H,4H2,(H,16,18)(H,19,20). The number of nitriles is 2. The first kappa shape index (κ1) is 14.0. The normalized spacial score (nSPS) is 16.1. The van der Waals surface area contributed by atoms with Gasteiger partial charge in [0.1, 0.15) is 12.1 Å². The van der Waals surface area contributed by atoms with E-state index < -0.39 is 18.0 Å². The molecule has 2 N–H and O–H groups in total. The van der Waals surface area contributed by atoms with E-state index in [1.54, 1.807) is 0 Å². The van der Waals surface area contributed by atoms with Crippen molar-refractivity contribution in [2.75, 3.05) is 5.32 Å². The van der Waals surface area contributed by atoms with E-state index in [9.17, 15) is 9.59 Å². The van der Waals surface area contributed by atoms with E-state index in [1.165, 1.54) is 18.2 Å². The average molecular weight is 284 g/mol. The van der Waals surface area contributed by atoms with Gasteiger partial charge in [-0.3, -0.25) is 4.79 Å². The molecule has 21 heavy (non-hydrogen) atoms. The van der Waals surface area contributed by atoms with Gasteiger partial charge in [-0.05, 0) is 18.2 Å². The third-order valence-corrected chi connectivity index (χ3v) is 2.74. The van der Waals surface area contributed by atoms with Crippen LogP contribution in [0.2, 0.25) is 0 Å². The number of carboxylic acids is 1. The van der Waals surface area contributed by atoms with Gasteiger partial charge < -0.3 is 15.3 Å². The van der Waals surface area contributed by atoms with Crippen LogP contribution in [0.15, 0.2) is 23.4 Å². The number of nitrogens with one attached hydrogen (secondary N) is 1. The zero-order valence-electron chi connectivity index (χ0n) is 10.5. The molecular formula is C13H8N4O4. The fourth-order valence-electron chi connectivity index (χ4n) is 1.68. The molecule has 1 unspecified atom stereocenters. The molecular weight excluding hydrogens is 276 g/mol. The molecule has 1 aliphatic heterocycles. The highest BCUT2D eigenvalue weighted by Gasteiger charge is 2.31. The van der Waals surface area contributed by atoms with Gasteiger partial charge in [-0.2, -0.15) is 10.5 Å². The van der Waals surface area contributed by atoms with Crippen molar-refractivity contribution in [2.45, 2.75) is 12.5 Å². The second-order valence-corrected chi connectivity index (χ2v) is 4.11. The van der Waals surface area contributed by atoms with Crippen LogP contribution < -0.4 is 5.32 Å². The number of anilines is 1. The number of nitrogens with zero attached hydrogens (tertiary/aromatic N) is 3. The zero-order chi connectivity index (χ0) is 15.4. The quantitative estimate of drug-likeness (QED) is 0.834. The monoisotopic (exact) mass is 284 g/mol. The van der Waals surface area contributed by atoms with Gasteiger partial charge in [-0.1, -0.05) is 5.16 Å². The minimum Gasteiger partial charge on any atom is -0.477 e. The van der Waals surface area contributed by atoms with E-state index in [4.69, 9.17) is 20.5 Å². The van der Waals surface area contributed by atoms with E-state index in [0.717, 1.165) is 0 Å². The summed E-state index contributed by atoms with van der Waals surface area (Å²) >= 11 is 0. The molecule has 0 spiro atoms. The smallest absolute Gasteiger partial charge is 0.353 e. The Balaban J connectivity index is 2.07. The highest BCUT2D eigenvalue weighted by atomic mass is 16.6. The van der Waals surface area contributed by atoms with Crippen molar-refractivity contribution >= 4 is 23.3 Å². The average Bonchev–Trinajstić information content (AvgIpc) is 2.97. The van der Waals surface area contributed by atoms with Crippen LogP contribution in [0, 0.1) is 22.7 Å². The van der Waals surface area contributed by atoms with Gasteiger partial charge in [-0.15, -0.1) is 0 Å². The lowest BCUT2D eigenvalue weighted by atomic mass is 10.1. The predicted molar refractivity (Wildman–Crippen MR) is 69.1 cm³/mol. The highest BCUT2D eigenvalue weighted by Crippen LogP contribution is 2.17. The molecule has 1 aromatic carbocycles. The first-order valence-electron chi connectivity index (χ1n) is 5.76. The molecule has 1 heterocycles. The van der Waals surface area contributed by atoms with Crippen molar-refractivity contribution in [3.63, 3.8) is 0 Å². The summed E-state index contributed by atoms with van der Waals surface area (Å²) in [7, 11) is 0. The molecule has 1 aliphatic rings. The van der Waals surface area contributed by atoms with Crippen LogP contribution in [0.5, 0.6) is 0 Å². The van der Waals surface area contributed by atoms with E-state index in [1.807, 2.05) is 12.1 Å². The summed E-state index contributed by atoms with van der Waals surface area (Å²) in [6, 6.07) is 7.92. The molecule has 104 valence electrons. The molecule has 0 fully saturated rings. The fourth-order valence-corrected chi connectivity index (χ4v) is 1.68. The molecule has 1 atom stereocenters. The third kappa shape index (κ3) is 2.96. The SMILES string of the molecule is N#Cc1ccc(NC(=O)C2CC(C(=O)O)=NO2)cc1C#N. The molecule has 2 rings (SSSR count). The van der Waals surface area contributed by atoms with E-state index in [-0.39, 0.29) is 23.3 Å². The molecule has 0 saturated carbocycles. The Kier molecular flexibility index (Phi) is 3.82. The van der Waals surface area contributed by atoms with Crippen molar-refractivity contribution in [3.05, 3.63) is 29.3 Å². The first-order valence-corrected chi connectivity index (χ1v) is 5.76. The Labute approximate surface area is 118 Å². The summed E-state index contributed by atoms with van der Waals surface area (Å²) in [6.07, 6.45) is -1.17. The number of carbonyl (C=O) groups is 2. The van der Waals surface area contributed by atoms with Gasteiger partial charge in [0.2, 0.25) is 6.10 Å². The number of oxime groups is 1. The van der Waals surface area contributed by atoms with Gasteiger partial charge >= 0.3 is 5.97 Å². The number of rotatable bonds is 3. The van der Waals surface area contributed by atoms with Crippen LogP contribution in [-0.4, -0.2) is 28.8 Å². The van der Waals surface area contributed by atoms with Gasteiger partial charge in [0.15, 0.2) is 5.71 Å². The maximum Gasteiger partial charge on any atom is 0.353 e. The number of carboxylic acid groups (broad SMARTS) is 1. The molecule has 8 heteroatoms. The number of hydrogen-bond donors (Lipinski definition) is 2. The van der Waals surface area contributed by atoms with Crippen molar-refractivity contribution in [1.29, 1.82) is 10.5 Å². The molecule has 0 saturated heterocycles. The number of hydrogen-bond acceptors (Lipinski definition) is 6. The van der Waals surface area contributed by atoms with Crippen LogP contribution in [0.3, 0.4) is 0 Å². The number of carbonyl (C=O) groups excluding carboxylic acids is 1.